The Morgan fingerprint density at radius 2 is 1.42 bits per heavy atom. The first-order valence-corrected chi connectivity index (χ1v) is 11.5. The van der Waals surface area contributed by atoms with Gasteiger partial charge in [-0.1, -0.05) is 23.7 Å². The summed E-state index contributed by atoms with van der Waals surface area (Å²) in [5.41, 5.74) is 2.78. The van der Waals surface area contributed by atoms with Crippen molar-refractivity contribution in [3.05, 3.63) is 88.9 Å². The van der Waals surface area contributed by atoms with Gasteiger partial charge in [0.2, 0.25) is 0 Å². The molecule has 3 aromatic rings. The number of anilines is 1. The van der Waals surface area contributed by atoms with Gasteiger partial charge in [-0.15, -0.1) is 0 Å². The van der Waals surface area contributed by atoms with Crippen molar-refractivity contribution >= 4 is 23.2 Å². The molecule has 0 unspecified atom stereocenters. The van der Waals surface area contributed by atoms with Crippen LogP contribution in [0.5, 0.6) is 11.5 Å². The highest BCUT2D eigenvalue weighted by molar-refractivity contribution is 6.30. The standard InChI is InChI=1S/C27H29ClN2O3/c1-32-25-11-5-21(6-12-25)27(31)30(23-9-13-26(33-2)14-10-23)24-15-17-29(18-16-24)19-20-3-7-22(28)8-4-20/h3-14,24H,15-19H2,1-2H3. The molecule has 1 fully saturated rings. The highest BCUT2D eigenvalue weighted by atomic mass is 35.5. The van der Waals surface area contributed by atoms with Gasteiger partial charge < -0.3 is 14.4 Å². The lowest BCUT2D eigenvalue weighted by atomic mass is 10.00. The monoisotopic (exact) mass is 464 g/mol. The van der Waals surface area contributed by atoms with Crippen molar-refractivity contribution in [2.45, 2.75) is 25.4 Å². The average Bonchev–Trinajstić information content (AvgIpc) is 2.87. The predicted octanol–water partition coefficient (Wildman–Crippen LogP) is 5.67. The number of rotatable bonds is 7. The maximum Gasteiger partial charge on any atom is 0.258 e. The minimum absolute atomic E-state index is 0.000953. The van der Waals surface area contributed by atoms with E-state index in [9.17, 15) is 4.79 Å². The maximum atomic E-state index is 13.6. The van der Waals surface area contributed by atoms with E-state index in [2.05, 4.69) is 17.0 Å². The SMILES string of the molecule is COc1ccc(C(=O)N(c2ccc(OC)cc2)C2CCN(Cc3ccc(Cl)cc3)CC2)cc1. The van der Waals surface area contributed by atoms with Crippen molar-refractivity contribution in [3.63, 3.8) is 0 Å². The van der Waals surface area contributed by atoms with Crippen molar-refractivity contribution in [1.29, 1.82) is 0 Å². The summed E-state index contributed by atoms with van der Waals surface area (Å²) in [6.07, 6.45) is 1.81. The van der Waals surface area contributed by atoms with E-state index in [0.717, 1.165) is 54.7 Å². The van der Waals surface area contributed by atoms with Gasteiger partial charge in [0, 0.05) is 41.9 Å². The molecule has 0 bridgehead atoms. The number of methoxy groups -OCH3 is 2. The third-order valence-electron chi connectivity index (χ3n) is 6.15. The van der Waals surface area contributed by atoms with Crippen molar-refractivity contribution in [1.82, 2.24) is 4.90 Å². The van der Waals surface area contributed by atoms with Crippen LogP contribution in [0.2, 0.25) is 5.02 Å². The van der Waals surface area contributed by atoms with Crippen molar-refractivity contribution in [3.8, 4) is 11.5 Å². The van der Waals surface area contributed by atoms with Crippen LogP contribution in [0, 0.1) is 0 Å². The van der Waals surface area contributed by atoms with Gasteiger partial charge in [0.25, 0.3) is 5.91 Å². The van der Waals surface area contributed by atoms with Gasteiger partial charge in [-0.05, 0) is 79.1 Å². The molecule has 5 nitrogen and oxygen atoms in total. The largest absolute Gasteiger partial charge is 0.497 e. The fourth-order valence-electron chi connectivity index (χ4n) is 4.29. The summed E-state index contributed by atoms with van der Waals surface area (Å²) in [7, 11) is 3.27. The Kier molecular flexibility index (Phi) is 7.53. The molecule has 1 aliphatic heterocycles. The van der Waals surface area contributed by atoms with Gasteiger partial charge >= 0.3 is 0 Å². The lowest BCUT2D eigenvalue weighted by Gasteiger charge is -2.38. The first kappa shape index (κ1) is 23.1. The van der Waals surface area contributed by atoms with Crippen LogP contribution >= 0.6 is 11.6 Å². The van der Waals surface area contributed by atoms with E-state index in [0.29, 0.717) is 5.56 Å². The Balaban J connectivity index is 1.51. The number of halogens is 1. The summed E-state index contributed by atoms with van der Waals surface area (Å²) >= 11 is 6.02. The number of likely N-dealkylation sites (tertiary alicyclic amines) is 1. The molecular formula is C27H29ClN2O3. The minimum Gasteiger partial charge on any atom is -0.497 e. The molecule has 0 spiro atoms. The van der Waals surface area contributed by atoms with E-state index < -0.39 is 0 Å². The van der Waals surface area contributed by atoms with Crippen LogP contribution in [0.4, 0.5) is 5.69 Å². The first-order valence-electron chi connectivity index (χ1n) is 11.2. The molecule has 1 aliphatic rings. The van der Waals surface area contributed by atoms with Gasteiger partial charge in [-0.2, -0.15) is 0 Å². The second kappa shape index (κ2) is 10.7. The number of carbonyl (C=O) groups excluding carboxylic acids is 1. The first-order chi connectivity index (χ1) is 16.1. The van der Waals surface area contributed by atoms with Gasteiger partial charge in [0.1, 0.15) is 11.5 Å². The molecule has 6 heteroatoms. The Morgan fingerprint density at radius 3 is 1.97 bits per heavy atom. The Labute approximate surface area is 200 Å². The number of benzene rings is 3. The molecule has 0 atom stereocenters. The average molecular weight is 465 g/mol. The summed E-state index contributed by atoms with van der Waals surface area (Å²) in [6, 6.07) is 23.2. The third kappa shape index (κ3) is 5.67. The second-order valence-electron chi connectivity index (χ2n) is 8.24. The van der Waals surface area contributed by atoms with Crippen LogP contribution in [0.15, 0.2) is 72.8 Å². The number of ether oxygens (including phenoxy) is 2. The van der Waals surface area contributed by atoms with Gasteiger partial charge in [0.05, 0.1) is 14.2 Å². The van der Waals surface area contributed by atoms with Crippen LogP contribution in [0.3, 0.4) is 0 Å². The van der Waals surface area contributed by atoms with E-state index >= 15 is 0 Å². The Morgan fingerprint density at radius 1 is 0.879 bits per heavy atom. The number of hydrogen-bond acceptors (Lipinski definition) is 4. The third-order valence-corrected chi connectivity index (χ3v) is 6.40. The molecule has 1 saturated heterocycles. The van der Waals surface area contributed by atoms with E-state index in [-0.39, 0.29) is 11.9 Å². The molecule has 0 aliphatic carbocycles. The minimum atomic E-state index is -0.000953. The molecule has 1 amide bonds. The summed E-state index contributed by atoms with van der Waals surface area (Å²) in [6.45, 7) is 2.74. The maximum absolute atomic E-state index is 13.6. The van der Waals surface area contributed by atoms with Crippen LogP contribution in [0.1, 0.15) is 28.8 Å². The van der Waals surface area contributed by atoms with E-state index in [1.54, 1.807) is 14.2 Å². The van der Waals surface area contributed by atoms with Gasteiger partial charge in [-0.25, -0.2) is 0 Å². The zero-order valence-electron chi connectivity index (χ0n) is 19.0. The molecule has 0 radical (unpaired) electrons. The smallest absolute Gasteiger partial charge is 0.258 e. The predicted molar refractivity (Wildman–Crippen MR) is 133 cm³/mol. The molecule has 3 aromatic carbocycles. The number of amides is 1. The second-order valence-corrected chi connectivity index (χ2v) is 8.67. The highest BCUT2D eigenvalue weighted by Gasteiger charge is 2.30. The van der Waals surface area contributed by atoms with Crippen molar-refractivity contribution in [2.24, 2.45) is 0 Å². The zero-order chi connectivity index (χ0) is 23.2. The summed E-state index contributed by atoms with van der Waals surface area (Å²) < 4.78 is 10.6. The van der Waals surface area contributed by atoms with Gasteiger partial charge in [0.15, 0.2) is 0 Å². The molecule has 0 saturated carbocycles. The van der Waals surface area contributed by atoms with E-state index in [1.807, 2.05) is 65.6 Å². The number of nitrogens with zero attached hydrogens (tertiary/aromatic N) is 2. The van der Waals surface area contributed by atoms with Crippen LogP contribution in [-0.2, 0) is 6.54 Å². The molecule has 172 valence electrons. The van der Waals surface area contributed by atoms with Crippen LogP contribution < -0.4 is 14.4 Å². The van der Waals surface area contributed by atoms with Crippen molar-refractivity contribution < 1.29 is 14.3 Å². The van der Waals surface area contributed by atoms with E-state index in [1.165, 1.54) is 5.56 Å². The normalized spacial score (nSPS) is 14.6. The zero-order valence-corrected chi connectivity index (χ0v) is 19.8. The van der Waals surface area contributed by atoms with Crippen LogP contribution in [0.25, 0.3) is 0 Å². The van der Waals surface area contributed by atoms with Crippen LogP contribution in [-0.4, -0.2) is 44.2 Å². The molecule has 0 aromatic heterocycles. The number of carbonyl (C=O) groups is 1. The number of piperidine rings is 1. The summed E-state index contributed by atoms with van der Waals surface area (Å²) in [5, 5.41) is 0.754. The lowest BCUT2D eigenvalue weighted by molar-refractivity contribution is 0.0958. The Bertz CT molecular complexity index is 1040. The molecule has 1 heterocycles. The van der Waals surface area contributed by atoms with Gasteiger partial charge in [-0.3, -0.25) is 9.69 Å². The van der Waals surface area contributed by atoms with E-state index in [4.69, 9.17) is 21.1 Å². The fourth-order valence-corrected chi connectivity index (χ4v) is 4.42. The molecule has 0 N–H and O–H groups in total. The fraction of sp³-hybridized carbons (Fsp3) is 0.296. The molecule has 4 rings (SSSR count). The van der Waals surface area contributed by atoms with Crippen molar-refractivity contribution in [2.75, 3.05) is 32.2 Å². The topological polar surface area (TPSA) is 42.0 Å². The lowest BCUT2D eigenvalue weighted by Crippen LogP contribution is -2.47. The summed E-state index contributed by atoms with van der Waals surface area (Å²) in [5.74, 6) is 1.51. The number of hydrogen-bond donors (Lipinski definition) is 0. The summed E-state index contributed by atoms with van der Waals surface area (Å²) in [4.78, 5) is 18.0. The molecular weight excluding hydrogens is 436 g/mol. The molecule has 33 heavy (non-hydrogen) atoms. The highest BCUT2D eigenvalue weighted by Crippen LogP contribution is 2.29. The quantitative estimate of drug-likeness (QED) is 0.452. The Hall–Kier alpha value is -3.02.